The topological polar surface area (TPSA) is 18.5 Å². The van der Waals surface area contributed by atoms with Crippen LogP contribution in [0.25, 0.3) is 0 Å². The van der Waals surface area contributed by atoms with Crippen LogP contribution in [0.2, 0.25) is 5.02 Å². The van der Waals surface area contributed by atoms with E-state index in [1.54, 1.807) is 6.07 Å². The van der Waals surface area contributed by atoms with Gasteiger partial charge in [-0.1, -0.05) is 27.5 Å². The number of benzene rings is 1. The quantitative estimate of drug-likeness (QED) is 0.736. The molecular formula is C9H7BrClFO2. The van der Waals surface area contributed by atoms with Crippen molar-refractivity contribution in [3.63, 3.8) is 0 Å². The van der Waals surface area contributed by atoms with E-state index in [4.69, 9.17) is 21.1 Å². The van der Waals surface area contributed by atoms with E-state index in [0.29, 0.717) is 23.2 Å². The molecule has 1 aliphatic heterocycles. The predicted molar refractivity (Wildman–Crippen MR) is 53.8 cm³/mol. The highest BCUT2D eigenvalue weighted by molar-refractivity contribution is 9.10. The van der Waals surface area contributed by atoms with Crippen molar-refractivity contribution in [1.82, 2.24) is 0 Å². The minimum Gasteiger partial charge on any atom is -0.346 e. The largest absolute Gasteiger partial charge is 0.346 e. The van der Waals surface area contributed by atoms with Crippen LogP contribution in [0.1, 0.15) is 11.9 Å². The molecule has 1 fully saturated rings. The maximum Gasteiger partial charge on any atom is 0.187 e. The van der Waals surface area contributed by atoms with Crippen LogP contribution in [0.5, 0.6) is 0 Å². The zero-order valence-corrected chi connectivity index (χ0v) is 9.44. The molecule has 0 atom stereocenters. The Kier molecular flexibility index (Phi) is 3.07. The third-order valence-corrected chi connectivity index (χ3v) is 2.92. The van der Waals surface area contributed by atoms with Gasteiger partial charge in [-0.15, -0.1) is 0 Å². The van der Waals surface area contributed by atoms with Gasteiger partial charge in [-0.2, -0.15) is 0 Å². The molecule has 0 aliphatic carbocycles. The smallest absolute Gasteiger partial charge is 0.187 e. The second-order valence-corrected chi connectivity index (χ2v) is 4.09. The lowest BCUT2D eigenvalue weighted by molar-refractivity contribution is -0.0470. The Bertz CT molecular complexity index is 353. The Morgan fingerprint density at radius 1 is 1.36 bits per heavy atom. The maximum atomic E-state index is 13.6. The van der Waals surface area contributed by atoms with Crippen LogP contribution < -0.4 is 0 Å². The molecule has 0 aromatic heterocycles. The van der Waals surface area contributed by atoms with Gasteiger partial charge in [0.15, 0.2) is 12.1 Å². The van der Waals surface area contributed by atoms with E-state index in [-0.39, 0.29) is 5.02 Å². The van der Waals surface area contributed by atoms with Crippen molar-refractivity contribution in [1.29, 1.82) is 0 Å². The fourth-order valence-corrected chi connectivity index (χ4v) is 1.94. The molecule has 0 spiro atoms. The zero-order valence-electron chi connectivity index (χ0n) is 7.10. The average molecular weight is 282 g/mol. The highest BCUT2D eigenvalue weighted by Gasteiger charge is 2.25. The van der Waals surface area contributed by atoms with Crippen molar-refractivity contribution in [2.75, 3.05) is 13.2 Å². The van der Waals surface area contributed by atoms with Crippen molar-refractivity contribution in [2.45, 2.75) is 6.29 Å². The third-order valence-electron chi connectivity index (χ3n) is 1.94. The number of hydrogen-bond donors (Lipinski definition) is 0. The molecule has 2 rings (SSSR count). The van der Waals surface area contributed by atoms with E-state index in [1.165, 1.54) is 6.07 Å². The Morgan fingerprint density at radius 2 is 2.00 bits per heavy atom. The van der Waals surface area contributed by atoms with Gasteiger partial charge in [0.2, 0.25) is 0 Å². The number of hydrogen-bond acceptors (Lipinski definition) is 2. The fourth-order valence-electron chi connectivity index (χ4n) is 1.28. The highest BCUT2D eigenvalue weighted by atomic mass is 79.9. The van der Waals surface area contributed by atoms with Crippen molar-refractivity contribution in [3.8, 4) is 0 Å². The summed E-state index contributed by atoms with van der Waals surface area (Å²) in [5.41, 5.74) is 0.329. The molecule has 1 aromatic carbocycles. The van der Waals surface area contributed by atoms with E-state index < -0.39 is 12.1 Å². The molecular weight excluding hydrogens is 274 g/mol. The zero-order chi connectivity index (χ0) is 10.1. The molecule has 1 heterocycles. The van der Waals surface area contributed by atoms with Crippen LogP contribution in [0.15, 0.2) is 16.6 Å². The van der Waals surface area contributed by atoms with Gasteiger partial charge in [0.05, 0.1) is 23.8 Å². The standard InChI is InChI=1S/C9H7BrClFO2/c10-5-1-2-6(11)8(12)7(5)9-13-3-4-14-9/h1-2,9H,3-4H2. The SMILES string of the molecule is Fc1c(Cl)ccc(Br)c1C1OCCO1. The van der Waals surface area contributed by atoms with Crippen LogP contribution in [0.3, 0.4) is 0 Å². The van der Waals surface area contributed by atoms with Crippen molar-refractivity contribution < 1.29 is 13.9 Å². The predicted octanol–water partition coefficient (Wildman–Crippen LogP) is 3.29. The molecule has 0 amide bonds. The summed E-state index contributed by atoms with van der Waals surface area (Å²) in [7, 11) is 0. The molecule has 1 aliphatic rings. The Hall–Kier alpha value is -0.160. The lowest BCUT2D eigenvalue weighted by Gasteiger charge is -2.12. The van der Waals surface area contributed by atoms with Crippen LogP contribution in [0, 0.1) is 5.82 Å². The summed E-state index contributed by atoms with van der Waals surface area (Å²) < 4.78 is 24.6. The minimum atomic E-state index is -0.650. The second-order valence-electron chi connectivity index (χ2n) is 2.83. The Labute approximate surface area is 94.1 Å². The Morgan fingerprint density at radius 3 is 2.64 bits per heavy atom. The summed E-state index contributed by atoms with van der Waals surface area (Å²) in [5.74, 6) is -0.493. The van der Waals surface area contributed by atoms with Gasteiger partial charge >= 0.3 is 0 Å². The number of ether oxygens (including phenoxy) is 2. The van der Waals surface area contributed by atoms with Gasteiger partial charge in [0.25, 0.3) is 0 Å². The molecule has 76 valence electrons. The van der Waals surface area contributed by atoms with Crippen LogP contribution in [-0.4, -0.2) is 13.2 Å². The summed E-state index contributed by atoms with van der Waals surface area (Å²) in [4.78, 5) is 0. The van der Waals surface area contributed by atoms with Crippen molar-refractivity contribution in [3.05, 3.63) is 33.0 Å². The third kappa shape index (κ3) is 1.80. The van der Waals surface area contributed by atoms with E-state index in [2.05, 4.69) is 15.9 Å². The molecule has 0 radical (unpaired) electrons. The summed E-state index contributed by atoms with van der Waals surface area (Å²) >= 11 is 8.89. The minimum absolute atomic E-state index is 0.0716. The first kappa shape index (κ1) is 10.4. The Balaban J connectivity index is 2.44. The average Bonchev–Trinajstić information content (AvgIpc) is 2.65. The number of rotatable bonds is 1. The van der Waals surface area contributed by atoms with Gasteiger partial charge in [0.1, 0.15) is 0 Å². The summed E-state index contributed by atoms with van der Waals surface area (Å²) in [6, 6.07) is 3.16. The first-order chi connectivity index (χ1) is 6.70. The van der Waals surface area contributed by atoms with E-state index in [9.17, 15) is 4.39 Å². The fraction of sp³-hybridized carbons (Fsp3) is 0.333. The monoisotopic (exact) mass is 280 g/mol. The maximum absolute atomic E-state index is 13.6. The van der Waals surface area contributed by atoms with Gasteiger partial charge in [-0.05, 0) is 12.1 Å². The lowest BCUT2D eigenvalue weighted by Crippen LogP contribution is -2.03. The first-order valence-electron chi connectivity index (χ1n) is 4.07. The van der Waals surface area contributed by atoms with Crippen LogP contribution in [0.4, 0.5) is 4.39 Å². The summed E-state index contributed by atoms with van der Waals surface area (Å²) in [6.07, 6.45) is -0.650. The van der Waals surface area contributed by atoms with E-state index in [0.717, 1.165) is 0 Å². The molecule has 14 heavy (non-hydrogen) atoms. The molecule has 0 unspecified atom stereocenters. The van der Waals surface area contributed by atoms with Crippen molar-refractivity contribution >= 4 is 27.5 Å². The molecule has 1 aromatic rings. The summed E-state index contributed by atoms with van der Waals surface area (Å²) in [5, 5.41) is 0.0716. The van der Waals surface area contributed by atoms with Gasteiger partial charge in [-0.25, -0.2) is 4.39 Å². The van der Waals surface area contributed by atoms with Gasteiger partial charge in [-0.3, -0.25) is 0 Å². The lowest BCUT2D eigenvalue weighted by atomic mass is 10.2. The first-order valence-corrected chi connectivity index (χ1v) is 5.24. The molecule has 2 nitrogen and oxygen atoms in total. The summed E-state index contributed by atoms with van der Waals surface area (Å²) in [6.45, 7) is 0.951. The van der Waals surface area contributed by atoms with Crippen LogP contribution >= 0.6 is 27.5 Å². The van der Waals surface area contributed by atoms with Crippen molar-refractivity contribution in [2.24, 2.45) is 0 Å². The molecule has 1 saturated heterocycles. The van der Waals surface area contributed by atoms with Gasteiger partial charge in [0, 0.05) is 4.47 Å². The second kappa shape index (κ2) is 4.14. The van der Waals surface area contributed by atoms with E-state index >= 15 is 0 Å². The molecule has 0 bridgehead atoms. The molecule has 0 N–H and O–H groups in total. The van der Waals surface area contributed by atoms with E-state index in [1.807, 2.05) is 0 Å². The molecule has 5 heteroatoms. The number of halogens is 3. The highest BCUT2D eigenvalue weighted by Crippen LogP contribution is 2.34. The van der Waals surface area contributed by atoms with Gasteiger partial charge < -0.3 is 9.47 Å². The molecule has 0 saturated carbocycles. The van der Waals surface area contributed by atoms with Crippen LogP contribution in [-0.2, 0) is 9.47 Å². The normalized spacial score (nSPS) is 17.6.